The molecule has 1 heterocycles. The lowest BCUT2D eigenvalue weighted by Gasteiger charge is -2.46. The maximum absolute atomic E-state index is 3.75. The fraction of sp³-hybridized carbons (Fsp3) is 0.684. The first-order valence-corrected chi connectivity index (χ1v) is 8.51. The molecule has 0 aliphatic carbocycles. The third kappa shape index (κ3) is 3.87. The summed E-state index contributed by atoms with van der Waals surface area (Å²) in [5.74, 6) is 0. The van der Waals surface area contributed by atoms with E-state index in [2.05, 4.69) is 63.0 Å². The van der Waals surface area contributed by atoms with Crippen LogP contribution in [0.15, 0.2) is 18.2 Å². The zero-order valence-corrected chi connectivity index (χ0v) is 14.5. The van der Waals surface area contributed by atoms with Gasteiger partial charge in [0.25, 0.3) is 0 Å². The molecule has 1 aromatic carbocycles. The molecule has 1 saturated heterocycles. The third-order valence-corrected chi connectivity index (χ3v) is 4.86. The Balaban J connectivity index is 2.31. The number of hydrogen-bond acceptors (Lipinski definition) is 2. The number of likely N-dealkylation sites (N-methyl/N-ethyl adjacent to an activating group) is 1. The van der Waals surface area contributed by atoms with Crippen LogP contribution in [-0.2, 0) is 0 Å². The number of likely N-dealkylation sites (tertiary alicyclic amines) is 1. The summed E-state index contributed by atoms with van der Waals surface area (Å²) in [6.07, 6.45) is 4.08. The van der Waals surface area contributed by atoms with E-state index in [1.807, 2.05) is 0 Å². The Kier molecular flexibility index (Phi) is 5.45. The standard InChI is InChI=1S/C19H32N2/c1-6-20-18(17-13-15(2)12-16(3)14-17)19(4,5)21-10-8-7-9-11-21/h12-14,18,20H,6-11H2,1-5H3. The van der Waals surface area contributed by atoms with Crippen molar-refractivity contribution in [2.24, 2.45) is 0 Å². The van der Waals surface area contributed by atoms with Gasteiger partial charge in [0.05, 0.1) is 6.04 Å². The molecular formula is C19H32N2. The van der Waals surface area contributed by atoms with E-state index in [-0.39, 0.29) is 5.54 Å². The van der Waals surface area contributed by atoms with Crippen LogP contribution in [-0.4, -0.2) is 30.1 Å². The van der Waals surface area contributed by atoms with Crippen LogP contribution in [0.4, 0.5) is 0 Å². The van der Waals surface area contributed by atoms with Gasteiger partial charge in [-0.2, -0.15) is 0 Å². The molecule has 118 valence electrons. The van der Waals surface area contributed by atoms with E-state index in [0.29, 0.717) is 6.04 Å². The van der Waals surface area contributed by atoms with Crippen molar-refractivity contribution in [3.05, 3.63) is 34.9 Å². The largest absolute Gasteiger partial charge is 0.309 e. The van der Waals surface area contributed by atoms with Gasteiger partial charge in [0, 0.05) is 5.54 Å². The summed E-state index contributed by atoms with van der Waals surface area (Å²) in [7, 11) is 0. The van der Waals surface area contributed by atoms with Crippen LogP contribution in [0.3, 0.4) is 0 Å². The maximum atomic E-state index is 3.75. The van der Waals surface area contributed by atoms with Crippen LogP contribution in [0.1, 0.15) is 62.8 Å². The first-order valence-electron chi connectivity index (χ1n) is 8.51. The molecule has 1 N–H and O–H groups in total. The van der Waals surface area contributed by atoms with Gasteiger partial charge in [-0.1, -0.05) is 42.7 Å². The van der Waals surface area contributed by atoms with Gasteiger partial charge in [0.1, 0.15) is 0 Å². The number of nitrogens with one attached hydrogen (secondary N) is 1. The molecule has 1 unspecified atom stereocenters. The Hall–Kier alpha value is -0.860. The van der Waals surface area contributed by atoms with E-state index in [0.717, 1.165) is 6.54 Å². The molecule has 21 heavy (non-hydrogen) atoms. The lowest BCUT2D eigenvalue weighted by Crippen LogP contribution is -2.54. The van der Waals surface area contributed by atoms with Gasteiger partial charge in [0.2, 0.25) is 0 Å². The highest BCUT2D eigenvalue weighted by molar-refractivity contribution is 5.32. The van der Waals surface area contributed by atoms with Crippen molar-refractivity contribution in [1.82, 2.24) is 10.2 Å². The van der Waals surface area contributed by atoms with Crippen LogP contribution in [0.2, 0.25) is 0 Å². The van der Waals surface area contributed by atoms with Crippen LogP contribution in [0.5, 0.6) is 0 Å². The summed E-state index contributed by atoms with van der Waals surface area (Å²) in [5, 5.41) is 3.75. The third-order valence-electron chi connectivity index (χ3n) is 4.86. The second-order valence-corrected chi connectivity index (χ2v) is 7.11. The second kappa shape index (κ2) is 6.93. The smallest absolute Gasteiger partial charge is 0.0501 e. The minimum atomic E-state index is 0.149. The lowest BCUT2D eigenvalue weighted by molar-refractivity contribution is 0.0612. The summed E-state index contributed by atoms with van der Waals surface area (Å²) >= 11 is 0. The molecule has 0 amide bonds. The molecule has 1 aliphatic heterocycles. The fourth-order valence-corrected chi connectivity index (χ4v) is 3.81. The van der Waals surface area contributed by atoms with Crippen LogP contribution < -0.4 is 5.32 Å². The highest BCUT2D eigenvalue weighted by atomic mass is 15.2. The second-order valence-electron chi connectivity index (χ2n) is 7.11. The first-order chi connectivity index (χ1) is 9.95. The summed E-state index contributed by atoms with van der Waals surface area (Å²) in [5.41, 5.74) is 4.31. The fourth-order valence-electron chi connectivity index (χ4n) is 3.81. The molecular weight excluding hydrogens is 256 g/mol. The average Bonchev–Trinajstić information content (AvgIpc) is 2.44. The Labute approximate surface area is 130 Å². The number of piperidine rings is 1. The van der Waals surface area contributed by atoms with E-state index in [1.165, 1.54) is 49.0 Å². The molecule has 1 aliphatic rings. The van der Waals surface area contributed by atoms with Gasteiger partial charge >= 0.3 is 0 Å². The van der Waals surface area contributed by atoms with Crippen LogP contribution in [0, 0.1) is 13.8 Å². The normalized spacial score (nSPS) is 18.7. The maximum Gasteiger partial charge on any atom is 0.0501 e. The monoisotopic (exact) mass is 288 g/mol. The number of nitrogens with zero attached hydrogens (tertiary/aromatic N) is 1. The van der Waals surface area contributed by atoms with Crippen molar-refractivity contribution in [1.29, 1.82) is 0 Å². The summed E-state index contributed by atoms with van der Waals surface area (Å²) in [4.78, 5) is 2.68. The zero-order chi connectivity index (χ0) is 15.5. The molecule has 2 rings (SSSR count). The molecule has 0 aromatic heterocycles. The highest BCUT2D eigenvalue weighted by Crippen LogP contribution is 2.34. The van der Waals surface area contributed by atoms with E-state index >= 15 is 0 Å². The Morgan fingerprint density at radius 2 is 1.62 bits per heavy atom. The summed E-state index contributed by atoms with van der Waals surface area (Å²) in [6, 6.07) is 7.36. The molecule has 0 saturated carbocycles. The molecule has 1 atom stereocenters. The van der Waals surface area contributed by atoms with Gasteiger partial charge in [-0.05, 0) is 65.7 Å². The Morgan fingerprint density at radius 1 is 1.05 bits per heavy atom. The van der Waals surface area contributed by atoms with Crippen molar-refractivity contribution < 1.29 is 0 Å². The van der Waals surface area contributed by atoms with E-state index in [1.54, 1.807) is 0 Å². The van der Waals surface area contributed by atoms with Crippen molar-refractivity contribution in [2.75, 3.05) is 19.6 Å². The van der Waals surface area contributed by atoms with E-state index < -0.39 is 0 Å². The quantitative estimate of drug-likeness (QED) is 0.872. The molecule has 1 aromatic rings. The Morgan fingerprint density at radius 3 is 2.14 bits per heavy atom. The van der Waals surface area contributed by atoms with Crippen molar-refractivity contribution in [3.63, 3.8) is 0 Å². The van der Waals surface area contributed by atoms with Crippen LogP contribution in [0.25, 0.3) is 0 Å². The summed E-state index contributed by atoms with van der Waals surface area (Å²) in [6.45, 7) is 14.9. The predicted octanol–water partition coefficient (Wildman–Crippen LogP) is 4.22. The summed E-state index contributed by atoms with van der Waals surface area (Å²) < 4.78 is 0. The van der Waals surface area contributed by atoms with Gasteiger partial charge in [-0.15, -0.1) is 0 Å². The number of rotatable bonds is 5. The van der Waals surface area contributed by atoms with Gasteiger partial charge < -0.3 is 5.32 Å². The molecule has 1 fully saturated rings. The molecule has 2 nitrogen and oxygen atoms in total. The topological polar surface area (TPSA) is 15.3 Å². The Bertz CT molecular complexity index is 438. The van der Waals surface area contributed by atoms with E-state index in [4.69, 9.17) is 0 Å². The molecule has 2 heteroatoms. The number of benzene rings is 1. The number of hydrogen-bond donors (Lipinski definition) is 1. The van der Waals surface area contributed by atoms with E-state index in [9.17, 15) is 0 Å². The molecule has 0 spiro atoms. The van der Waals surface area contributed by atoms with Gasteiger partial charge in [-0.25, -0.2) is 0 Å². The van der Waals surface area contributed by atoms with Gasteiger partial charge in [0.15, 0.2) is 0 Å². The van der Waals surface area contributed by atoms with Gasteiger partial charge in [-0.3, -0.25) is 4.90 Å². The molecule has 0 bridgehead atoms. The van der Waals surface area contributed by atoms with Crippen molar-refractivity contribution in [3.8, 4) is 0 Å². The van der Waals surface area contributed by atoms with Crippen molar-refractivity contribution in [2.45, 2.75) is 65.5 Å². The minimum Gasteiger partial charge on any atom is -0.309 e. The van der Waals surface area contributed by atoms with Crippen LogP contribution >= 0.6 is 0 Å². The predicted molar refractivity (Wildman–Crippen MR) is 91.8 cm³/mol. The highest BCUT2D eigenvalue weighted by Gasteiger charge is 2.36. The number of aryl methyl sites for hydroxylation is 2. The first kappa shape index (κ1) is 16.5. The zero-order valence-electron chi connectivity index (χ0n) is 14.5. The SMILES string of the molecule is CCNC(c1cc(C)cc(C)c1)C(C)(C)N1CCCCC1. The van der Waals surface area contributed by atoms with Crippen molar-refractivity contribution >= 4 is 0 Å². The molecule has 0 radical (unpaired) electrons. The lowest BCUT2D eigenvalue weighted by atomic mass is 9.84. The minimum absolute atomic E-state index is 0.149. The average molecular weight is 288 g/mol.